The summed E-state index contributed by atoms with van der Waals surface area (Å²) >= 11 is 3.30. The lowest BCUT2D eigenvalue weighted by atomic mass is 10.2. The number of rotatable bonds is 2. The Morgan fingerprint density at radius 3 is 2.44 bits per heavy atom. The molecule has 0 aromatic heterocycles. The number of hydrogen-bond donors (Lipinski definition) is 1. The van der Waals surface area contributed by atoms with Gasteiger partial charge < -0.3 is 5.32 Å². The largest absolute Gasteiger partial charge is 0.301 e. The number of nitrogens with one attached hydrogen (secondary N) is 1. The highest BCUT2D eigenvalue weighted by Gasteiger charge is 2.28. The fourth-order valence-electron chi connectivity index (χ4n) is 1.87. The van der Waals surface area contributed by atoms with Gasteiger partial charge in [-0.15, -0.1) is 0 Å². The maximum atomic E-state index is 12.2. The maximum absolute atomic E-state index is 12.2. The first-order valence-corrected chi connectivity index (χ1v) is 7.67. The molecule has 1 aromatic rings. The average molecular weight is 304 g/mol. The smallest absolute Gasteiger partial charge is 0.194 e. The van der Waals surface area contributed by atoms with Gasteiger partial charge in [-0.05, 0) is 50.1 Å². The number of sulfone groups is 1. The molecule has 0 spiro atoms. The van der Waals surface area contributed by atoms with Crippen molar-refractivity contribution >= 4 is 25.8 Å². The Morgan fingerprint density at radius 2 is 1.88 bits per heavy atom. The van der Waals surface area contributed by atoms with Crippen LogP contribution in [0.3, 0.4) is 0 Å². The van der Waals surface area contributed by atoms with Crippen LogP contribution in [0, 0.1) is 0 Å². The number of benzene rings is 1. The molecule has 88 valence electrons. The van der Waals surface area contributed by atoms with Gasteiger partial charge >= 0.3 is 0 Å². The van der Waals surface area contributed by atoms with Crippen LogP contribution in [-0.2, 0) is 9.84 Å². The van der Waals surface area contributed by atoms with Gasteiger partial charge in [0.05, 0.1) is 4.90 Å². The van der Waals surface area contributed by atoms with Gasteiger partial charge in [0.15, 0.2) is 9.84 Å². The predicted octanol–water partition coefficient (Wildman–Crippen LogP) is 2.32. The van der Waals surface area contributed by atoms with Crippen LogP contribution in [0.5, 0.6) is 0 Å². The Kier molecular flexibility index (Phi) is 3.66. The van der Waals surface area contributed by atoms with Crippen LogP contribution in [0.2, 0.25) is 0 Å². The van der Waals surface area contributed by atoms with E-state index in [1.54, 1.807) is 24.3 Å². The van der Waals surface area contributed by atoms with Gasteiger partial charge in [0.1, 0.15) is 5.37 Å². The minimum atomic E-state index is -3.21. The molecule has 0 amide bonds. The van der Waals surface area contributed by atoms with E-state index in [9.17, 15) is 8.42 Å². The van der Waals surface area contributed by atoms with Crippen molar-refractivity contribution in [3.05, 3.63) is 28.7 Å². The van der Waals surface area contributed by atoms with Crippen molar-refractivity contribution < 1.29 is 8.42 Å². The van der Waals surface area contributed by atoms with Crippen LogP contribution in [0.25, 0.3) is 0 Å². The van der Waals surface area contributed by atoms with Crippen LogP contribution in [0.4, 0.5) is 0 Å². The van der Waals surface area contributed by atoms with E-state index in [0.29, 0.717) is 11.3 Å². The van der Waals surface area contributed by atoms with Crippen LogP contribution in [-0.4, -0.2) is 20.3 Å². The molecule has 1 fully saturated rings. The van der Waals surface area contributed by atoms with E-state index >= 15 is 0 Å². The summed E-state index contributed by atoms with van der Waals surface area (Å²) in [4.78, 5) is 0.398. The topological polar surface area (TPSA) is 46.2 Å². The zero-order chi connectivity index (χ0) is 11.6. The second-order valence-electron chi connectivity index (χ2n) is 3.94. The first kappa shape index (κ1) is 12.1. The molecule has 0 radical (unpaired) electrons. The second kappa shape index (κ2) is 4.85. The molecular weight excluding hydrogens is 290 g/mol. The molecule has 1 N–H and O–H groups in total. The molecule has 1 aliphatic rings. The molecular formula is C11H14BrNO2S. The zero-order valence-electron chi connectivity index (χ0n) is 8.82. The van der Waals surface area contributed by atoms with Gasteiger partial charge in [-0.3, -0.25) is 0 Å². The summed E-state index contributed by atoms with van der Waals surface area (Å²) in [6.45, 7) is 0.792. The second-order valence-corrected chi connectivity index (χ2v) is 6.98. The number of halogens is 1. The Hall–Kier alpha value is -0.390. The molecule has 2 rings (SSSR count). The molecule has 1 aliphatic heterocycles. The predicted molar refractivity (Wildman–Crippen MR) is 67.0 cm³/mol. The standard InChI is InChI=1S/C11H14BrNO2S/c12-9-4-6-10(7-5-9)16(14,15)11-3-1-2-8-13-11/h4-7,11,13H,1-3,8H2. The van der Waals surface area contributed by atoms with Gasteiger partial charge in [-0.25, -0.2) is 8.42 Å². The van der Waals surface area contributed by atoms with Crippen molar-refractivity contribution in [1.29, 1.82) is 0 Å². The summed E-state index contributed by atoms with van der Waals surface area (Å²) in [7, 11) is -3.21. The van der Waals surface area contributed by atoms with E-state index in [1.165, 1.54) is 0 Å². The summed E-state index contributed by atoms with van der Waals surface area (Å²) in [6, 6.07) is 6.82. The highest BCUT2D eigenvalue weighted by atomic mass is 79.9. The Labute approximate surface area is 104 Å². The monoisotopic (exact) mass is 303 g/mol. The fraction of sp³-hybridized carbons (Fsp3) is 0.455. The van der Waals surface area contributed by atoms with Crippen molar-refractivity contribution in [2.45, 2.75) is 29.5 Å². The van der Waals surface area contributed by atoms with Gasteiger partial charge in [-0.1, -0.05) is 15.9 Å². The molecule has 1 unspecified atom stereocenters. The third kappa shape index (κ3) is 2.47. The number of piperidine rings is 1. The first-order valence-electron chi connectivity index (χ1n) is 5.33. The van der Waals surface area contributed by atoms with Crippen molar-refractivity contribution in [2.24, 2.45) is 0 Å². The number of hydrogen-bond acceptors (Lipinski definition) is 3. The Bertz CT molecular complexity index is 449. The van der Waals surface area contributed by atoms with Gasteiger partial charge in [-0.2, -0.15) is 0 Å². The summed E-state index contributed by atoms with van der Waals surface area (Å²) in [6.07, 6.45) is 2.75. The van der Waals surface area contributed by atoms with E-state index in [-0.39, 0.29) is 0 Å². The highest BCUT2D eigenvalue weighted by molar-refractivity contribution is 9.10. The van der Waals surface area contributed by atoms with Crippen molar-refractivity contribution in [2.75, 3.05) is 6.54 Å². The molecule has 0 bridgehead atoms. The van der Waals surface area contributed by atoms with Gasteiger partial charge in [0, 0.05) is 4.47 Å². The average Bonchev–Trinajstić information content (AvgIpc) is 2.31. The van der Waals surface area contributed by atoms with E-state index in [4.69, 9.17) is 0 Å². The SMILES string of the molecule is O=S(=O)(c1ccc(Br)cc1)C1CCCCN1. The van der Waals surface area contributed by atoms with E-state index in [0.717, 1.165) is 23.9 Å². The lowest BCUT2D eigenvalue weighted by molar-refractivity contribution is 0.461. The summed E-state index contributed by atoms with van der Waals surface area (Å²) in [5.41, 5.74) is 0. The van der Waals surface area contributed by atoms with E-state index in [2.05, 4.69) is 21.2 Å². The molecule has 1 aromatic carbocycles. The quantitative estimate of drug-likeness (QED) is 0.912. The van der Waals surface area contributed by atoms with Crippen LogP contribution in [0.1, 0.15) is 19.3 Å². The lowest BCUT2D eigenvalue weighted by Gasteiger charge is -2.23. The van der Waals surface area contributed by atoms with Crippen molar-refractivity contribution in [3.63, 3.8) is 0 Å². The summed E-state index contributed by atoms with van der Waals surface area (Å²) in [5, 5.41) is 2.66. The minimum absolute atomic E-state index is 0.398. The van der Waals surface area contributed by atoms with Crippen LogP contribution >= 0.6 is 15.9 Å². The van der Waals surface area contributed by atoms with Gasteiger partial charge in [0.25, 0.3) is 0 Å². The van der Waals surface area contributed by atoms with Crippen LogP contribution in [0.15, 0.2) is 33.6 Å². The Morgan fingerprint density at radius 1 is 1.19 bits per heavy atom. The third-order valence-corrected chi connectivity index (χ3v) is 5.39. The first-order chi connectivity index (χ1) is 7.60. The van der Waals surface area contributed by atoms with E-state index < -0.39 is 15.2 Å². The van der Waals surface area contributed by atoms with Gasteiger partial charge in [0.2, 0.25) is 0 Å². The fourth-order valence-corrected chi connectivity index (χ4v) is 3.80. The molecule has 3 nitrogen and oxygen atoms in total. The van der Waals surface area contributed by atoms with Crippen molar-refractivity contribution in [1.82, 2.24) is 5.32 Å². The van der Waals surface area contributed by atoms with Crippen molar-refractivity contribution in [3.8, 4) is 0 Å². The Balaban J connectivity index is 2.27. The normalized spacial score (nSPS) is 21.9. The van der Waals surface area contributed by atoms with Crippen LogP contribution < -0.4 is 5.32 Å². The summed E-state index contributed by atoms with van der Waals surface area (Å²) < 4.78 is 25.3. The van der Waals surface area contributed by atoms with E-state index in [1.807, 2.05) is 0 Å². The molecule has 1 heterocycles. The molecule has 0 aliphatic carbocycles. The lowest BCUT2D eigenvalue weighted by Crippen LogP contribution is -2.40. The minimum Gasteiger partial charge on any atom is -0.301 e. The molecule has 16 heavy (non-hydrogen) atoms. The molecule has 1 atom stereocenters. The third-order valence-electron chi connectivity index (χ3n) is 2.78. The summed E-state index contributed by atoms with van der Waals surface area (Å²) in [5.74, 6) is 0. The molecule has 0 saturated carbocycles. The zero-order valence-corrected chi connectivity index (χ0v) is 11.2. The highest BCUT2D eigenvalue weighted by Crippen LogP contribution is 2.22. The molecule has 1 saturated heterocycles. The maximum Gasteiger partial charge on any atom is 0.194 e. The molecule has 5 heteroatoms.